The van der Waals surface area contributed by atoms with Crippen LogP contribution in [0.3, 0.4) is 0 Å². The first-order chi connectivity index (χ1) is 11.1. The van der Waals surface area contributed by atoms with Crippen LogP contribution in [0.1, 0.15) is 12.5 Å². The van der Waals surface area contributed by atoms with Gasteiger partial charge in [0, 0.05) is 11.6 Å². The Morgan fingerprint density at radius 3 is 2.74 bits per heavy atom. The Morgan fingerprint density at radius 1 is 1.22 bits per heavy atom. The molecule has 0 heterocycles. The Kier molecular flexibility index (Phi) is 6.29. The SMILES string of the molecule is COc1ccccc1CCNC(=O)C(C)Oc1cccc(Cl)c1. The Hall–Kier alpha value is -2.20. The second kappa shape index (κ2) is 8.44. The molecule has 4 nitrogen and oxygen atoms in total. The van der Waals surface area contributed by atoms with Crippen molar-refractivity contribution in [3.63, 3.8) is 0 Å². The second-order valence-electron chi connectivity index (χ2n) is 5.07. The summed E-state index contributed by atoms with van der Waals surface area (Å²) < 4.78 is 10.9. The smallest absolute Gasteiger partial charge is 0.260 e. The molecule has 0 radical (unpaired) electrons. The fourth-order valence-electron chi connectivity index (χ4n) is 2.17. The summed E-state index contributed by atoms with van der Waals surface area (Å²) in [6.45, 7) is 2.22. The van der Waals surface area contributed by atoms with Crippen molar-refractivity contribution >= 4 is 17.5 Å². The first-order valence-corrected chi connectivity index (χ1v) is 7.80. The van der Waals surface area contributed by atoms with Crippen LogP contribution in [0.4, 0.5) is 0 Å². The Morgan fingerprint density at radius 2 is 2.00 bits per heavy atom. The van der Waals surface area contributed by atoms with Crippen molar-refractivity contribution in [2.24, 2.45) is 0 Å². The third kappa shape index (κ3) is 5.18. The number of para-hydroxylation sites is 1. The number of methoxy groups -OCH3 is 1. The zero-order valence-corrected chi connectivity index (χ0v) is 14.0. The number of ether oxygens (including phenoxy) is 2. The molecule has 0 bridgehead atoms. The van der Waals surface area contributed by atoms with Gasteiger partial charge in [0.25, 0.3) is 5.91 Å². The van der Waals surface area contributed by atoms with E-state index in [-0.39, 0.29) is 5.91 Å². The van der Waals surface area contributed by atoms with Gasteiger partial charge < -0.3 is 14.8 Å². The summed E-state index contributed by atoms with van der Waals surface area (Å²) in [5, 5.41) is 3.44. The predicted molar refractivity (Wildman–Crippen MR) is 91.2 cm³/mol. The lowest BCUT2D eigenvalue weighted by atomic mass is 10.1. The van der Waals surface area contributed by atoms with Crippen LogP contribution < -0.4 is 14.8 Å². The highest BCUT2D eigenvalue weighted by atomic mass is 35.5. The van der Waals surface area contributed by atoms with Gasteiger partial charge in [-0.1, -0.05) is 35.9 Å². The van der Waals surface area contributed by atoms with E-state index >= 15 is 0 Å². The third-order valence-corrected chi connectivity index (χ3v) is 3.60. The summed E-state index contributed by atoms with van der Waals surface area (Å²) in [6, 6.07) is 14.7. The molecule has 0 saturated carbocycles. The van der Waals surface area contributed by atoms with Gasteiger partial charge in [0.1, 0.15) is 11.5 Å². The highest BCUT2D eigenvalue weighted by Crippen LogP contribution is 2.19. The monoisotopic (exact) mass is 333 g/mol. The molecule has 23 heavy (non-hydrogen) atoms. The van der Waals surface area contributed by atoms with Crippen LogP contribution in [0.2, 0.25) is 5.02 Å². The first-order valence-electron chi connectivity index (χ1n) is 7.42. The first kappa shape index (κ1) is 17.2. The van der Waals surface area contributed by atoms with Gasteiger partial charge in [0.05, 0.1) is 7.11 Å². The van der Waals surface area contributed by atoms with E-state index in [1.54, 1.807) is 38.3 Å². The van der Waals surface area contributed by atoms with Crippen LogP contribution in [-0.4, -0.2) is 25.7 Å². The van der Waals surface area contributed by atoms with Gasteiger partial charge >= 0.3 is 0 Å². The van der Waals surface area contributed by atoms with Crippen LogP contribution in [0, 0.1) is 0 Å². The summed E-state index contributed by atoms with van der Waals surface area (Å²) in [5.41, 5.74) is 1.05. The van der Waals surface area contributed by atoms with Gasteiger partial charge in [-0.15, -0.1) is 0 Å². The van der Waals surface area contributed by atoms with Crippen LogP contribution in [0.15, 0.2) is 48.5 Å². The predicted octanol–water partition coefficient (Wildman–Crippen LogP) is 3.47. The number of benzene rings is 2. The fourth-order valence-corrected chi connectivity index (χ4v) is 2.35. The van der Waals surface area contributed by atoms with E-state index < -0.39 is 6.10 Å². The molecule has 0 spiro atoms. The molecule has 2 aromatic rings. The van der Waals surface area contributed by atoms with Crippen molar-refractivity contribution < 1.29 is 14.3 Å². The minimum Gasteiger partial charge on any atom is -0.496 e. The van der Waals surface area contributed by atoms with E-state index in [1.165, 1.54) is 0 Å². The molecule has 2 rings (SSSR count). The molecule has 0 aromatic heterocycles. The van der Waals surface area contributed by atoms with Crippen LogP contribution in [-0.2, 0) is 11.2 Å². The molecule has 2 aromatic carbocycles. The van der Waals surface area contributed by atoms with Crippen molar-refractivity contribution in [1.29, 1.82) is 0 Å². The molecular weight excluding hydrogens is 314 g/mol. The molecule has 5 heteroatoms. The van der Waals surface area contributed by atoms with Gasteiger partial charge in [-0.05, 0) is 43.2 Å². The molecule has 1 unspecified atom stereocenters. The maximum absolute atomic E-state index is 12.1. The maximum Gasteiger partial charge on any atom is 0.260 e. The van der Waals surface area contributed by atoms with Crippen molar-refractivity contribution in [3.8, 4) is 11.5 Å². The molecule has 1 amide bonds. The summed E-state index contributed by atoms with van der Waals surface area (Å²) in [7, 11) is 1.64. The highest BCUT2D eigenvalue weighted by Gasteiger charge is 2.14. The average Bonchev–Trinajstić information content (AvgIpc) is 2.55. The van der Waals surface area contributed by atoms with Crippen molar-refractivity contribution in [3.05, 3.63) is 59.1 Å². The summed E-state index contributed by atoms with van der Waals surface area (Å²) in [6.07, 6.45) is 0.103. The zero-order chi connectivity index (χ0) is 16.7. The van der Waals surface area contributed by atoms with Gasteiger partial charge in [-0.2, -0.15) is 0 Å². The highest BCUT2D eigenvalue weighted by molar-refractivity contribution is 6.30. The number of carbonyl (C=O) groups excluding carboxylic acids is 1. The molecule has 0 aliphatic heterocycles. The standard InChI is InChI=1S/C18H20ClNO3/c1-13(23-16-8-5-7-15(19)12-16)18(21)20-11-10-14-6-3-4-9-17(14)22-2/h3-9,12-13H,10-11H2,1-2H3,(H,20,21). The molecule has 122 valence electrons. The minimum atomic E-state index is -0.592. The molecule has 0 saturated heterocycles. The van der Waals surface area contributed by atoms with Crippen LogP contribution in [0.25, 0.3) is 0 Å². The van der Waals surface area contributed by atoms with E-state index in [2.05, 4.69) is 5.32 Å². The van der Waals surface area contributed by atoms with Gasteiger partial charge in [0.15, 0.2) is 6.10 Å². The van der Waals surface area contributed by atoms with E-state index in [9.17, 15) is 4.79 Å². The Labute approximate surface area is 141 Å². The molecule has 0 fully saturated rings. The van der Waals surface area contributed by atoms with Crippen LogP contribution >= 0.6 is 11.6 Å². The van der Waals surface area contributed by atoms with E-state index in [1.807, 2.05) is 24.3 Å². The minimum absolute atomic E-state index is 0.167. The van der Waals surface area contributed by atoms with Gasteiger partial charge in [-0.3, -0.25) is 4.79 Å². The Balaban J connectivity index is 1.82. The lowest BCUT2D eigenvalue weighted by Crippen LogP contribution is -2.37. The van der Waals surface area contributed by atoms with Gasteiger partial charge in [0.2, 0.25) is 0 Å². The van der Waals surface area contributed by atoms with Crippen LogP contribution in [0.5, 0.6) is 11.5 Å². The number of rotatable bonds is 7. The molecule has 1 atom stereocenters. The summed E-state index contributed by atoms with van der Waals surface area (Å²) in [5.74, 6) is 1.23. The quantitative estimate of drug-likeness (QED) is 0.844. The number of hydrogen-bond acceptors (Lipinski definition) is 3. The van der Waals surface area contributed by atoms with Crippen molar-refractivity contribution in [2.45, 2.75) is 19.4 Å². The topological polar surface area (TPSA) is 47.6 Å². The lowest BCUT2D eigenvalue weighted by molar-refractivity contribution is -0.127. The normalized spacial score (nSPS) is 11.6. The average molecular weight is 334 g/mol. The Bertz CT molecular complexity index is 660. The van der Waals surface area contributed by atoms with E-state index in [0.29, 0.717) is 23.7 Å². The summed E-state index contributed by atoms with van der Waals surface area (Å²) >= 11 is 5.90. The lowest BCUT2D eigenvalue weighted by Gasteiger charge is -2.15. The number of hydrogen-bond donors (Lipinski definition) is 1. The summed E-state index contributed by atoms with van der Waals surface area (Å²) in [4.78, 5) is 12.1. The van der Waals surface area contributed by atoms with E-state index in [4.69, 9.17) is 21.1 Å². The van der Waals surface area contributed by atoms with E-state index in [0.717, 1.165) is 11.3 Å². The number of halogens is 1. The second-order valence-corrected chi connectivity index (χ2v) is 5.51. The number of nitrogens with one attached hydrogen (secondary N) is 1. The van der Waals surface area contributed by atoms with Crippen molar-refractivity contribution in [2.75, 3.05) is 13.7 Å². The fraction of sp³-hybridized carbons (Fsp3) is 0.278. The molecule has 1 N–H and O–H groups in total. The molecule has 0 aliphatic rings. The maximum atomic E-state index is 12.1. The number of carbonyl (C=O) groups is 1. The molecular formula is C18H20ClNO3. The largest absolute Gasteiger partial charge is 0.496 e. The number of amides is 1. The van der Waals surface area contributed by atoms with Crippen molar-refractivity contribution in [1.82, 2.24) is 5.32 Å². The third-order valence-electron chi connectivity index (χ3n) is 3.36. The molecule has 0 aliphatic carbocycles. The van der Waals surface area contributed by atoms with Gasteiger partial charge in [-0.25, -0.2) is 0 Å². The zero-order valence-electron chi connectivity index (χ0n) is 13.2.